The monoisotopic (exact) mass is 244 g/mol. The van der Waals surface area contributed by atoms with E-state index in [4.69, 9.17) is 10.5 Å². The van der Waals surface area contributed by atoms with E-state index in [2.05, 4.69) is 4.74 Å². The quantitative estimate of drug-likeness (QED) is 0.489. The summed E-state index contributed by atoms with van der Waals surface area (Å²) in [5.74, 6) is 0.401. The van der Waals surface area contributed by atoms with Gasteiger partial charge < -0.3 is 20.1 Å². The van der Waals surface area contributed by atoms with Gasteiger partial charge in [-0.1, -0.05) is 0 Å². The van der Waals surface area contributed by atoms with E-state index in [9.17, 15) is 4.79 Å². The van der Waals surface area contributed by atoms with Crippen LogP contribution in [0.15, 0.2) is 0 Å². The van der Waals surface area contributed by atoms with Crippen LogP contribution in [0.5, 0.6) is 0 Å². The first kappa shape index (κ1) is 14.4. The predicted molar refractivity (Wildman–Crippen MR) is 65.6 cm³/mol. The van der Waals surface area contributed by atoms with Gasteiger partial charge in [-0.25, -0.2) is 0 Å². The second kappa shape index (κ2) is 6.33. The van der Waals surface area contributed by atoms with E-state index in [1.165, 1.54) is 20.0 Å². The first-order valence-electron chi connectivity index (χ1n) is 6.09. The average Bonchev–Trinajstić information content (AvgIpc) is 3.06. The molecule has 100 valence electrons. The molecule has 5 nitrogen and oxygen atoms in total. The molecule has 5 heteroatoms. The Labute approximate surface area is 103 Å². The van der Waals surface area contributed by atoms with Gasteiger partial charge in [-0.2, -0.15) is 0 Å². The molecule has 0 spiro atoms. The molecule has 1 fully saturated rings. The van der Waals surface area contributed by atoms with Crippen LogP contribution in [0, 0.1) is 5.92 Å². The van der Waals surface area contributed by atoms with Crippen LogP contribution in [0.4, 0.5) is 0 Å². The van der Waals surface area contributed by atoms with Gasteiger partial charge in [0.2, 0.25) is 0 Å². The summed E-state index contributed by atoms with van der Waals surface area (Å²) in [6.45, 7) is 4.47. The Hall–Kier alpha value is -0.650. The SMILES string of the molecule is COC(=O)C(C)(N)CN(C)CCOCC1CC1. The van der Waals surface area contributed by atoms with Crippen molar-refractivity contribution in [3.63, 3.8) is 0 Å². The Bertz CT molecular complexity index is 252. The summed E-state index contributed by atoms with van der Waals surface area (Å²) in [5.41, 5.74) is 4.92. The minimum Gasteiger partial charge on any atom is -0.468 e. The van der Waals surface area contributed by atoms with Gasteiger partial charge in [-0.3, -0.25) is 4.79 Å². The molecular formula is C12H24N2O3. The van der Waals surface area contributed by atoms with Crippen LogP contribution in [0.25, 0.3) is 0 Å². The molecule has 0 aliphatic heterocycles. The third-order valence-electron chi connectivity index (χ3n) is 2.92. The third kappa shape index (κ3) is 5.48. The Morgan fingerprint density at radius 2 is 2.18 bits per heavy atom. The van der Waals surface area contributed by atoms with Crippen LogP contribution in [-0.4, -0.2) is 56.9 Å². The number of methoxy groups -OCH3 is 1. The minimum absolute atomic E-state index is 0.386. The fourth-order valence-corrected chi connectivity index (χ4v) is 1.69. The van der Waals surface area contributed by atoms with Gasteiger partial charge in [-0.15, -0.1) is 0 Å². The van der Waals surface area contributed by atoms with E-state index in [-0.39, 0.29) is 5.97 Å². The molecule has 0 heterocycles. The van der Waals surface area contributed by atoms with Crippen molar-refractivity contribution in [2.75, 3.05) is 40.5 Å². The number of likely N-dealkylation sites (N-methyl/N-ethyl adjacent to an activating group) is 1. The molecule has 0 saturated heterocycles. The largest absolute Gasteiger partial charge is 0.468 e. The highest BCUT2D eigenvalue weighted by molar-refractivity contribution is 5.80. The Balaban J connectivity index is 2.13. The molecule has 1 unspecified atom stereocenters. The summed E-state index contributed by atoms with van der Waals surface area (Å²) in [4.78, 5) is 13.4. The number of carbonyl (C=O) groups is 1. The van der Waals surface area contributed by atoms with Crippen molar-refractivity contribution in [3.8, 4) is 0 Å². The van der Waals surface area contributed by atoms with Crippen LogP contribution in [0.2, 0.25) is 0 Å². The normalized spacial score (nSPS) is 19.1. The maximum atomic E-state index is 11.4. The van der Waals surface area contributed by atoms with Crippen LogP contribution in [0.3, 0.4) is 0 Å². The summed E-state index contributed by atoms with van der Waals surface area (Å²) in [7, 11) is 3.28. The summed E-state index contributed by atoms with van der Waals surface area (Å²) < 4.78 is 10.2. The first-order chi connectivity index (χ1) is 7.95. The van der Waals surface area contributed by atoms with Gasteiger partial charge in [0.1, 0.15) is 5.54 Å². The topological polar surface area (TPSA) is 64.8 Å². The highest BCUT2D eigenvalue weighted by Gasteiger charge is 2.30. The second-order valence-corrected chi connectivity index (χ2v) is 5.17. The van der Waals surface area contributed by atoms with Crippen LogP contribution in [-0.2, 0) is 14.3 Å². The molecular weight excluding hydrogens is 220 g/mol. The lowest BCUT2D eigenvalue weighted by Crippen LogP contribution is -2.54. The van der Waals surface area contributed by atoms with E-state index in [0.29, 0.717) is 13.2 Å². The number of rotatable bonds is 8. The van der Waals surface area contributed by atoms with Crippen molar-refractivity contribution >= 4 is 5.97 Å². The molecule has 1 aliphatic carbocycles. The van der Waals surface area contributed by atoms with Gasteiger partial charge in [0.15, 0.2) is 0 Å². The maximum absolute atomic E-state index is 11.4. The number of nitrogens with zero attached hydrogens (tertiary/aromatic N) is 1. The van der Waals surface area contributed by atoms with E-state index in [1.54, 1.807) is 6.92 Å². The number of ether oxygens (including phenoxy) is 2. The molecule has 0 aromatic carbocycles. The smallest absolute Gasteiger partial charge is 0.326 e. The van der Waals surface area contributed by atoms with Crippen LogP contribution in [0.1, 0.15) is 19.8 Å². The second-order valence-electron chi connectivity index (χ2n) is 5.17. The lowest BCUT2D eigenvalue weighted by molar-refractivity contribution is -0.147. The molecule has 0 aromatic rings. The summed E-state index contributed by atoms with van der Waals surface area (Å²) >= 11 is 0. The summed E-state index contributed by atoms with van der Waals surface area (Å²) in [5, 5.41) is 0. The van der Waals surface area contributed by atoms with E-state index in [1.807, 2.05) is 11.9 Å². The van der Waals surface area contributed by atoms with Gasteiger partial charge in [-0.05, 0) is 32.7 Å². The highest BCUT2D eigenvalue weighted by atomic mass is 16.5. The minimum atomic E-state index is -0.958. The highest BCUT2D eigenvalue weighted by Crippen LogP contribution is 2.28. The number of esters is 1. The van der Waals surface area contributed by atoms with E-state index in [0.717, 1.165) is 19.1 Å². The predicted octanol–water partition coefficient (Wildman–Crippen LogP) is 0.235. The number of nitrogens with two attached hydrogens (primary N) is 1. The lowest BCUT2D eigenvalue weighted by atomic mass is 10.0. The fraction of sp³-hybridized carbons (Fsp3) is 0.917. The molecule has 1 saturated carbocycles. The molecule has 1 rings (SSSR count). The van der Waals surface area contributed by atoms with E-state index >= 15 is 0 Å². The van der Waals surface area contributed by atoms with Crippen molar-refractivity contribution in [3.05, 3.63) is 0 Å². The summed E-state index contributed by atoms with van der Waals surface area (Å²) in [6, 6.07) is 0. The molecule has 0 bridgehead atoms. The average molecular weight is 244 g/mol. The zero-order chi connectivity index (χ0) is 12.9. The number of hydrogen-bond acceptors (Lipinski definition) is 5. The van der Waals surface area contributed by atoms with Crippen molar-refractivity contribution < 1.29 is 14.3 Å². The Morgan fingerprint density at radius 3 is 2.71 bits per heavy atom. The fourth-order valence-electron chi connectivity index (χ4n) is 1.69. The van der Waals surface area contributed by atoms with Crippen LogP contribution < -0.4 is 5.73 Å². The zero-order valence-electron chi connectivity index (χ0n) is 11.1. The first-order valence-corrected chi connectivity index (χ1v) is 6.09. The number of hydrogen-bond donors (Lipinski definition) is 1. The number of carbonyl (C=O) groups excluding carboxylic acids is 1. The van der Waals surface area contributed by atoms with Crippen molar-refractivity contribution in [2.24, 2.45) is 11.7 Å². The lowest BCUT2D eigenvalue weighted by Gasteiger charge is -2.27. The molecule has 17 heavy (non-hydrogen) atoms. The Morgan fingerprint density at radius 1 is 1.53 bits per heavy atom. The molecule has 0 aromatic heterocycles. The van der Waals surface area contributed by atoms with Crippen molar-refractivity contribution in [2.45, 2.75) is 25.3 Å². The standard InChI is InChI=1S/C12H24N2O3/c1-12(13,11(15)16-3)9-14(2)6-7-17-8-10-4-5-10/h10H,4-9,13H2,1-3H3. The molecule has 2 N–H and O–H groups in total. The zero-order valence-corrected chi connectivity index (χ0v) is 11.1. The molecule has 1 atom stereocenters. The van der Waals surface area contributed by atoms with Crippen molar-refractivity contribution in [1.29, 1.82) is 0 Å². The van der Waals surface area contributed by atoms with Gasteiger partial charge in [0.05, 0.1) is 13.7 Å². The van der Waals surface area contributed by atoms with Gasteiger partial charge in [0, 0.05) is 19.7 Å². The van der Waals surface area contributed by atoms with Crippen molar-refractivity contribution in [1.82, 2.24) is 4.90 Å². The molecule has 0 amide bonds. The maximum Gasteiger partial charge on any atom is 0.326 e. The van der Waals surface area contributed by atoms with E-state index < -0.39 is 5.54 Å². The third-order valence-corrected chi connectivity index (χ3v) is 2.92. The summed E-state index contributed by atoms with van der Waals surface area (Å²) in [6.07, 6.45) is 2.61. The Kier molecular flexibility index (Phi) is 5.36. The molecule has 0 radical (unpaired) electrons. The van der Waals surface area contributed by atoms with Gasteiger partial charge >= 0.3 is 5.97 Å². The van der Waals surface area contributed by atoms with Crippen LogP contribution >= 0.6 is 0 Å². The van der Waals surface area contributed by atoms with Gasteiger partial charge in [0.25, 0.3) is 0 Å². The molecule has 1 aliphatic rings.